The Kier molecular flexibility index (Phi) is 5.25. The van der Waals surface area contributed by atoms with E-state index in [0.717, 1.165) is 32.5 Å². The third kappa shape index (κ3) is 4.07. The lowest BCUT2D eigenvalue weighted by atomic mass is 10.0. The molecule has 3 N–H and O–H groups in total. The fourth-order valence-electron chi connectivity index (χ4n) is 2.94. The first kappa shape index (κ1) is 16.4. The molecule has 0 atom stereocenters. The van der Waals surface area contributed by atoms with Gasteiger partial charge in [-0.25, -0.2) is 0 Å². The highest BCUT2D eigenvalue weighted by Gasteiger charge is 2.23. The third-order valence-electron chi connectivity index (χ3n) is 4.30. The van der Waals surface area contributed by atoms with Gasteiger partial charge < -0.3 is 25.4 Å². The number of nitrogens with zero attached hydrogens (tertiary/aromatic N) is 1. The van der Waals surface area contributed by atoms with Gasteiger partial charge in [-0.1, -0.05) is 11.6 Å². The molecule has 0 saturated carbocycles. The van der Waals surface area contributed by atoms with Crippen molar-refractivity contribution in [1.29, 1.82) is 0 Å². The first-order valence-corrected chi connectivity index (χ1v) is 8.34. The molecule has 1 saturated heterocycles. The predicted octanol–water partition coefficient (Wildman–Crippen LogP) is 1.53. The summed E-state index contributed by atoms with van der Waals surface area (Å²) < 4.78 is 11.3. The topological polar surface area (TPSA) is 76.8 Å². The van der Waals surface area contributed by atoms with E-state index in [1.54, 1.807) is 12.1 Å². The zero-order chi connectivity index (χ0) is 16.2. The van der Waals surface area contributed by atoms with Crippen LogP contribution >= 0.6 is 11.6 Å². The third-order valence-corrected chi connectivity index (χ3v) is 4.63. The molecule has 4 rings (SSSR count). The van der Waals surface area contributed by atoms with Gasteiger partial charge in [-0.3, -0.25) is 4.79 Å². The maximum absolute atomic E-state index is 12.6. The van der Waals surface area contributed by atoms with Crippen molar-refractivity contribution in [3.05, 3.63) is 22.7 Å². The summed E-state index contributed by atoms with van der Waals surface area (Å²) in [6, 6.07) is 3.35. The molecule has 0 radical (unpaired) electrons. The lowest BCUT2D eigenvalue weighted by Crippen LogP contribution is -2.45. The number of halogens is 1. The molecule has 0 unspecified atom stereocenters. The molecule has 1 aromatic carbocycles. The fourth-order valence-corrected chi connectivity index (χ4v) is 3.10. The molecular formula is C16H22ClN3O3. The Bertz CT molecular complexity index is 574. The van der Waals surface area contributed by atoms with Gasteiger partial charge in [0, 0.05) is 31.7 Å². The molecule has 0 aliphatic carbocycles. The largest absolute Gasteiger partial charge is 0.490 e. The van der Waals surface area contributed by atoms with Crippen molar-refractivity contribution in [3.63, 3.8) is 0 Å². The Morgan fingerprint density at radius 2 is 1.96 bits per heavy atom. The molecule has 0 aromatic heterocycles. The Labute approximate surface area is 140 Å². The van der Waals surface area contributed by atoms with E-state index in [1.807, 2.05) is 0 Å². The van der Waals surface area contributed by atoms with E-state index in [9.17, 15) is 4.79 Å². The number of ether oxygens (including phenoxy) is 2. The van der Waals surface area contributed by atoms with E-state index in [0.29, 0.717) is 41.8 Å². The van der Waals surface area contributed by atoms with E-state index < -0.39 is 0 Å². The number of fused-ring (bicyclic) bond motifs is 8. The van der Waals surface area contributed by atoms with Gasteiger partial charge in [0.2, 0.25) is 0 Å². The number of hydrogen-bond donors (Lipinski definition) is 2. The summed E-state index contributed by atoms with van der Waals surface area (Å²) in [6.45, 7) is 4.39. The molecule has 3 heterocycles. The van der Waals surface area contributed by atoms with Crippen molar-refractivity contribution in [2.24, 2.45) is 0 Å². The standard InChI is InChI=1S/C16H22ClN3O3/c17-13-9-12-15(10-14(13)18)23-8-7-22-6-5-20-3-1-11(2-4-20)19-16(12)21/h9-11H,1-8,18H2,(H,19,21). The van der Waals surface area contributed by atoms with Crippen molar-refractivity contribution in [2.75, 3.05) is 45.2 Å². The molecule has 1 aromatic rings. The van der Waals surface area contributed by atoms with Gasteiger partial charge in [0.15, 0.2) is 0 Å². The summed E-state index contributed by atoms with van der Waals surface area (Å²) in [5, 5.41) is 3.44. The minimum absolute atomic E-state index is 0.168. The molecule has 23 heavy (non-hydrogen) atoms. The molecule has 1 fully saturated rings. The summed E-state index contributed by atoms with van der Waals surface area (Å²) in [7, 11) is 0. The summed E-state index contributed by atoms with van der Waals surface area (Å²) in [4.78, 5) is 15.0. The summed E-state index contributed by atoms with van der Waals surface area (Å²) >= 11 is 6.07. The van der Waals surface area contributed by atoms with E-state index in [1.165, 1.54) is 0 Å². The second kappa shape index (κ2) is 7.38. The van der Waals surface area contributed by atoms with Crippen LogP contribution in [0.5, 0.6) is 5.75 Å². The van der Waals surface area contributed by atoms with E-state index in [2.05, 4.69) is 10.2 Å². The van der Waals surface area contributed by atoms with Gasteiger partial charge in [-0.15, -0.1) is 0 Å². The molecule has 0 spiro atoms. The normalized spacial score (nSPS) is 25.9. The van der Waals surface area contributed by atoms with Crippen LogP contribution in [-0.2, 0) is 4.74 Å². The maximum Gasteiger partial charge on any atom is 0.255 e. The number of rotatable bonds is 0. The van der Waals surface area contributed by atoms with Crippen LogP contribution in [0.25, 0.3) is 0 Å². The molecule has 3 aliphatic heterocycles. The SMILES string of the molecule is Nc1cc2c(cc1Cl)C(=O)NC1CCN(CCOCCO2)CC1. The highest BCUT2D eigenvalue weighted by molar-refractivity contribution is 6.33. The van der Waals surface area contributed by atoms with Crippen LogP contribution in [0.1, 0.15) is 23.2 Å². The first-order chi connectivity index (χ1) is 11.1. The van der Waals surface area contributed by atoms with Gasteiger partial charge in [0.25, 0.3) is 5.91 Å². The van der Waals surface area contributed by atoms with Crippen LogP contribution in [0.15, 0.2) is 12.1 Å². The second-order valence-corrected chi connectivity index (χ2v) is 6.33. The number of benzene rings is 1. The van der Waals surface area contributed by atoms with Gasteiger partial charge in [0.1, 0.15) is 12.4 Å². The number of nitrogen functional groups attached to an aromatic ring is 1. The Hall–Kier alpha value is -1.50. The highest BCUT2D eigenvalue weighted by Crippen LogP contribution is 2.29. The van der Waals surface area contributed by atoms with Crippen molar-refractivity contribution in [2.45, 2.75) is 18.9 Å². The van der Waals surface area contributed by atoms with Crippen molar-refractivity contribution in [3.8, 4) is 5.75 Å². The van der Waals surface area contributed by atoms with Gasteiger partial charge >= 0.3 is 0 Å². The van der Waals surface area contributed by atoms with Crippen LogP contribution in [0.2, 0.25) is 5.02 Å². The number of anilines is 1. The summed E-state index contributed by atoms with van der Waals surface area (Å²) in [5.74, 6) is 0.279. The average Bonchev–Trinajstić information content (AvgIpc) is 2.54. The van der Waals surface area contributed by atoms with Crippen LogP contribution < -0.4 is 15.8 Å². The monoisotopic (exact) mass is 339 g/mol. The zero-order valence-corrected chi connectivity index (χ0v) is 13.8. The van der Waals surface area contributed by atoms with Crippen molar-refractivity contribution < 1.29 is 14.3 Å². The van der Waals surface area contributed by atoms with Crippen LogP contribution in [0.4, 0.5) is 5.69 Å². The number of amides is 1. The molecule has 2 bridgehead atoms. The van der Waals surface area contributed by atoms with Crippen LogP contribution in [0.3, 0.4) is 0 Å². The predicted molar refractivity (Wildman–Crippen MR) is 89.1 cm³/mol. The minimum Gasteiger partial charge on any atom is -0.490 e. The summed E-state index contributed by atoms with van der Waals surface area (Å²) in [6.07, 6.45) is 1.87. The van der Waals surface area contributed by atoms with Crippen LogP contribution in [0, 0.1) is 0 Å². The molecule has 1 amide bonds. The number of hydrogen-bond acceptors (Lipinski definition) is 5. The minimum atomic E-state index is -0.168. The number of nitrogens with one attached hydrogen (secondary N) is 1. The van der Waals surface area contributed by atoms with Gasteiger partial charge in [-0.2, -0.15) is 0 Å². The second-order valence-electron chi connectivity index (χ2n) is 5.92. The van der Waals surface area contributed by atoms with Gasteiger partial charge in [0.05, 0.1) is 29.5 Å². The molecule has 3 aliphatic rings. The maximum atomic E-state index is 12.6. The Morgan fingerprint density at radius 1 is 1.17 bits per heavy atom. The molecule has 126 valence electrons. The van der Waals surface area contributed by atoms with Gasteiger partial charge in [-0.05, 0) is 18.9 Å². The van der Waals surface area contributed by atoms with E-state index in [4.69, 9.17) is 26.8 Å². The van der Waals surface area contributed by atoms with E-state index in [-0.39, 0.29) is 11.9 Å². The zero-order valence-electron chi connectivity index (χ0n) is 13.0. The number of carbonyl (C=O) groups excluding carboxylic acids is 1. The Balaban J connectivity index is 1.83. The van der Waals surface area contributed by atoms with Crippen molar-refractivity contribution >= 4 is 23.2 Å². The first-order valence-electron chi connectivity index (χ1n) is 7.96. The Morgan fingerprint density at radius 3 is 2.74 bits per heavy atom. The van der Waals surface area contributed by atoms with Crippen LogP contribution in [-0.4, -0.2) is 56.3 Å². The number of nitrogens with two attached hydrogens (primary N) is 1. The molecule has 7 heteroatoms. The summed E-state index contributed by atoms with van der Waals surface area (Å²) in [5.41, 5.74) is 6.65. The molecule has 6 nitrogen and oxygen atoms in total. The lowest BCUT2D eigenvalue weighted by Gasteiger charge is -2.32. The molecular weight excluding hydrogens is 318 g/mol. The number of piperidine rings is 1. The fraction of sp³-hybridized carbons (Fsp3) is 0.562. The van der Waals surface area contributed by atoms with Crippen molar-refractivity contribution in [1.82, 2.24) is 10.2 Å². The van der Waals surface area contributed by atoms with E-state index >= 15 is 0 Å². The quantitative estimate of drug-likeness (QED) is 0.701. The lowest BCUT2D eigenvalue weighted by molar-refractivity contribution is 0.0674. The smallest absolute Gasteiger partial charge is 0.255 e. The average molecular weight is 340 g/mol. The number of carbonyl (C=O) groups is 1. The highest BCUT2D eigenvalue weighted by atomic mass is 35.5.